The van der Waals surface area contributed by atoms with E-state index in [1.165, 1.54) is 0 Å². The molecule has 0 spiro atoms. The molecule has 0 radical (unpaired) electrons. The molecule has 4 heteroatoms. The predicted octanol–water partition coefficient (Wildman–Crippen LogP) is 2.82. The van der Waals surface area contributed by atoms with Crippen LogP contribution in [0.5, 0.6) is 0 Å². The Balaban J connectivity index is 2.92. The average Bonchev–Trinajstić information content (AvgIpc) is 2.19. The van der Waals surface area contributed by atoms with E-state index >= 15 is 0 Å². The molecule has 0 aliphatic heterocycles. The molecule has 1 unspecified atom stereocenters. The Morgan fingerprint density at radius 1 is 1.41 bits per heavy atom. The van der Waals surface area contributed by atoms with Crippen LogP contribution in [0.4, 0.5) is 5.69 Å². The quantitative estimate of drug-likeness (QED) is 0.631. The van der Waals surface area contributed by atoms with E-state index < -0.39 is 0 Å². The maximum absolute atomic E-state index is 10.9. The van der Waals surface area contributed by atoms with Gasteiger partial charge in [-0.2, -0.15) is 0 Å². The molecule has 0 aliphatic carbocycles. The van der Waals surface area contributed by atoms with Gasteiger partial charge in [-0.3, -0.25) is 10.1 Å². The Morgan fingerprint density at radius 3 is 2.59 bits per heavy atom. The summed E-state index contributed by atoms with van der Waals surface area (Å²) in [5, 5.41) is 10.9. The molecule has 0 saturated carbocycles. The van der Waals surface area contributed by atoms with Crippen molar-refractivity contribution >= 4 is 5.69 Å². The van der Waals surface area contributed by atoms with Gasteiger partial charge in [0.25, 0.3) is 5.69 Å². The first-order valence-corrected chi connectivity index (χ1v) is 5.90. The number of hydrogen-bond donors (Lipinski definition) is 1. The number of benzene rings is 1. The first-order valence-electron chi connectivity index (χ1n) is 5.90. The predicted molar refractivity (Wildman–Crippen MR) is 69.0 cm³/mol. The molecule has 0 bridgehead atoms. The summed E-state index contributed by atoms with van der Waals surface area (Å²) in [6.07, 6.45) is 1.45. The molecule has 1 rings (SSSR count). The Morgan fingerprint density at radius 2 is 2.06 bits per heavy atom. The van der Waals surface area contributed by atoms with Gasteiger partial charge in [-0.25, -0.2) is 0 Å². The lowest BCUT2D eigenvalue weighted by Gasteiger charge is -2.15. The van der Waals surface area contributed by atoms with Gasteiger partial charge in [0.15, 0.2) is 0 Å². The third-order valence-electron chi connectivity index (χ3n) is 2.82. The largest absolute Gasteiger partial charge is 0.327 e. The van der Waals surface area contributed by atoms with Gasteiger partial charge in [-0.05, 0) is 31.2 Å². The van der Waals surface area contributed by atoms with Crippen LogP contribution in [-0.4, -0.2) is 11.0 Å². The lowest BCUT2D eigenvalue weighted by Crippen LogP contribution is -2.25. The Labute approximate surface area is 102 Å². The van der Waals surface area contributed by atoms with Crippen molar-refractivity contribution in [2.75, 3.05) is 0 Å². The van der Waals surface area contributed by atoms with E-state index in [2.05, 4.69) is 13.8 Å². The van der Waals surface area contributed by atoms with Gasteiger partial charge < -0.3 is 5.73 Å². The van der Waals surface area contributed by atoms with Crippen LogP contribution in [0.15, 0.2) is 18.2 Å². The van der Waals surface area contributed by atoms with Crippen LogP contribution in [0.3, 0.4) is 0 Å². The molecule has 0 aromatic heterocycles. The van der Waals surface area contributed by atoms with E-state index in [-0.39, 0.29) is 16.7 Å². The third kappa shape index (κ3) is 3.82. The highest BCUT2D eigenvalue weighted by Crippen LogP contribution is 2.24. The topological polar surface area (TPSA) is 69.2 Å². The summed E-state index contributed by atoms with van der Waals surface area (Å²) in [6, 6.07) is 5.13. The number of nitrogens with zero attached hydrogens (tertiary/aromatic N) is 1. The number of aryl methyl sites for hydroxylation is 1. The first kappa shape index (κ1) is 13.6. The second-order valence-corrected chi connectivity index (χ2v) is 4.92. The van der Waals surface area contributed by atoms with Gasteiger partial charge in [0.1, 0.15) is 0 Å². The minimum Gasteiger partial charge on any atom is -0.327 e. The second kappa shape index (κ2) is 5.77. The van der Waals surface area contributed by atoms with E-state index in [0.717, 1.165) is 17.5 Å². The summed E-state index contributed by atoms with van der Waals surface area (Å²) in [4.78, 5) is 10.6. The smallest absolute Gasteiger partial charge is 0.272 e. The summed E-state index contributed by atoms with van der Waals surface area (Å²) in [7, 11) is 0. The van der Waals surface area contributed by atoms with Crippen LogP contribution in [-0.2, 0) is 6.42 Å². The van der Waals surface area contributed by atoms with Crippen molar-refractivity contribution in [3.63, 3.8) is 0 Å². The summed E-state index contributed by atoms with van der Waals surface area (Å²) in [5.41, 5.74) is 7.92. The number of hydrogen-bond acceptors (Lipinski definition) is 3. The van der Waals surface area contributed by atoms with Gasteiger partial charge in [-0.1, -0.05) is 26.0 Å². The third-order valence-corrected chi connectivity index (χ3v) is 2.82. The molecule has 17 heavy (non-hydrogen) atoms. The van der Waals surface area contributed by atoms with Crippen LogP contribution >= 0.6 is 0 Å². The molecule has 1 aromatic rings. The fourth-order valence-electron chi connectivity index (χ4n) is 2.07. The Hall–Kier alpha value is -1.42. The lowest BCUT2D eigenvalue weighted by molar-refractivity contribution is -0.385. The highest BCUT2D eigenvalue weighted by Gasteiger charge is 2.18. The zero-order chi connectivity index (χ0) is 13.0. The van der Waals surface area contributed by atoms with Crippen LogP contribution in [0.2, 0.25) is 0 Å². The normalized spacial score (nSPS) is 12.8. The number of nitro benzene ring substituents is 1. The fourth-order valence-corrected chi connectivity index (χ4v) is 2.07. The van der Waals surface area contributed by atoms with E-state index in [1.54, 1.807) is 12.1 Å². The van der Waals surface area contributed by atoms with Crippen molar-refractivity contribution in [2.45, 2.75) is 39.7 Å². The monoisotopic (exact) mass is 236 g/mol. The van der Waals surface area contributed by atoms with Crippen LogP contribution < -0.4 is 5.73 Å². The lowest BCUT2D eigenvalue weighted by atomic mass is 9.94. The molecule has 0 amide bonds. The fraction of sp³-hybridized carbons (Fsp3) is 0.538. The van der Waals surface area contributed by atoms with Crippen molar-refractivity contribution in [1.29, 1.82) is 0 Å². The zero-order valence-corrected chi connectivity index (χ0v) is 10.6. The van der Waals surface area contributed by atoms with Crippen molar-refractivity contribution in [3.05, 3.63) is 39.4 Å². The van der Waals surface area contributed by atoms with Crippen LogP contribution in [0.25, 0.3) is 0 Å². The molecule has 94 valence electrons. The van der Waals surface area contributed by atoms with Gasteiger partial charge in [-0.15, -0.1) is 0 Å². The maximum Gasteiger partial charge on any atom is 0.272 e. The molecule has 1 atom stereocenters. The van der Waals surface area contributed by atoms with Gasteiger partial charge in [0.2, 0.25) is 0 Å². The molecular formula is C13H20N2O2. The van der Waals surface area contributed by atoms with Gasteiger partial charge >= 0.3 is 0 Å². The Kier molecular flexibility index (Phi) is 4.63. The van der Waals surface area contributed by atoms with Gasteiger partial charge in [0.05, 0.1) is 4.92 Å². The van der Waals surface area contributed by atoms with Crippen LogP contribution in [0.1, 0.15) is 31.4 Å². The van der Waals surface area contributed by atoms with E-state index in [0.29, 0.717) is 12.3 Å². The maximum atomic E-state index is 10.9. The molecule has 0 aliphatic rings. The van der Waals surface area contributed by atoms with Crippen molar-refractivity contribution in [3.8, 4) is 0 Å². The number of nitro groups is 1. The molecule has 0 saturated heterocycles. The summed E-state index contributed by atoms with van der Waals surface area (Å²) in [5.74, 6) is 0.507. The summed E-state index contributed by atoms with van der Waals surface area (Å²) >= 11 is 0. The SMILES string of the molecule is Cc1cccc([N+](=O)[O-])c1CC(N)CC(C)C. The molecule has 0 fully saturated rings. The molecular weight excluding hydrogens is 216 g/mol. The first-order chi connectivity index (χ1) is 7.91. The molecule has 2 N–H and O–H groups in total. The minimum absolute atomic E-state index is 0.0187. The zero-order valence-electron chi connectivity index (χ0n) is 10.6. The van der Waals surface area contributed by atoms with E-state index in [4.69, 9.17) is 5.73 Å². The standard InChI is InChI=1S/C13H20N2O2/c1-9(2)7-11(14)8-12-10(3)5-4-6-13(12)15(16)17/h4-6,9,11H,7-8,14H2,1-3H3. The molecule has 4 nitrogen and oxygen atoms in total. The van der Waals surface area contributed by atoms with Crippen molar-refractivity contribution in [1.82, 2.24) is 0 Å². The highest BCUT2D eigenvalue weighted by molar-refractivity contribution is 5.45. The minimum atomic E-state index is -0.329. The van der Waals surface area contributed by atoms with Crippen molar-refractivity contribution in [2.24, 2.45) is 11.7 Å². The molecule has 1 aromatic carbocycles. The number of rotatable bonds is 5. The van der Waals surface area contributed by atoms with Gasteiger partial charge in [0, 0.05) is 17.7 Å². The molecule has 0 heterocycles. The Bertz CT molecular complexity index is 402. The summed E-state index contributed by atoms with van der Waals surface area (Å²) in [6.45, 7) is 6.10. The second-order valence-electron chi connectivity index (χ2n) is 4.92. The van der Waals surface area contributed by atoms with Crippen LogP contribution in [0, 0.1) is 23.0 Å². The average molecular weight is 236 g/mol. The summed E-state index contributed by atoms with van der Waals surface area (Å²) < 4.78 is 0. The van der Waals surface area contributed by atoms with Crippen molar-refractivity contribution < 1.29 is 4.92 Å². The number of nitrogens with two attached hydrogens (primary N) is 1. The van der Waals surface area contributed by atoms with E-state index in [9.17, 15) is 10.1 Å². The highest BCUT2D eigenvalue weighted by atomic mass is 16.6. The van der Waals surface area contributed by atoms with E-state index in [1.807, 2.05) is 13.0 Å².